The van der Waals surface area contributed by atoms with Gasteiger partial charge in [-0.2, -0.15) is 0 Å². The van der Waals surface area contributed by atoms with Gasteiger partial charge in [0.25, 0.3) is 0 Å². The molecule has 4 aliphatic carbocycles. The van der Waals surface area contributed by atoms with Gasteiger partial charge in [0.15, 0.2) is 0 Å². The van der Waals surface area contributed by atoms with Crippen LogP contribution in [-0.4, -0.2) is 12.1 Å². The molecule has 3 fully saturated rings. The predicted molar refractivity (Wildman–Crippen MR) is 212 cm³/mol. The Kier molecular flexibility index (Phi) is 16.8. The number of rotatable bonds is 22. The number of allylic oxidation sites excluding steroid dienone is 3. The van der Waals surface area contributed by atoms with Crippen LogP contribution in [-0.2, 0) is 9.53 Å². The van der Waals surface area contributed by atoms with Crippen LogP contribution in [0.4, 0.5) is 0 Å². The summed E-state index contributed by atoms with van der Waals surface area (Å²) in [6, 6.07) is 0. The van der Waals surface area contributed by atoms with Crippen LogP contribution in [0.3, 0.4) is 0 Å². The fourth-order valence-electron chi connectivity index (χ4n) is 12.0. The van der Waals surface area contributed by atoms with E-state index in [-0.39, 0.29) is 12.1 Å². The van der Waals surface area contributed by atoms with Crippen molar-refractivity contribution in [3.8, 4) is 0 Å². The van der Waals surface area contributed by atoms with Crippen molar-refractivity contribution in [1.82, 2.24) is 0 Å². The molecule has 8 unspecified atom stereocenters. The van der Waals surface area contributed by atoms with Gasteiger partial charge in [0.1, 0.15) is 6.10 Å². The molecule has 0 bridgehead atoms. The molecule has 0 amide bonds. The van der Waals surface area contributed by atoms with Crippen molar-refractivity contribution in [2.45, 2.75) is 215 Å². The summed E-state index contributed by atoms with van der Waals surface area (Å²) in [7, 11) is 0. The third-order valence-electron chi connectivity index (χ3n) is 15.2. The lowest BCUT2D eigenvalue weighted by Crippen LogP contribution is -2.51. The summed E-state index contributed by atoms with van der Waals surface area (Å²) in [4.78, 5) is 12.8. The van der Waals surface area contributed by atoms with Gasteiger partial charge in [0.05, 0.1) is 0 Å². The average molecular weight is 679 g/mol. The molecule has 9 atom stereocenters. The quantitative estimate of drug-likeness (QED) is 0.0647. The fraction of sp³-hybridized carbons (Fsp3) is 0.894. The van der Waals surface area contributed by atoms with Crippen LogP contribution >= 0.6 is 0 Å². The lowest BCUT2D eigenvalue weighted by atomic mass is 9.47. The van der Waals surface area contributed by atoms with Gasteiger partial charge in [-0.25, -0.2) is 0 Å². The molecule has 0 spiro atoms. The first kappa shape index (κ1) is 40.7. The first-order valence-electron chi connectivity index (χ1n) is 22.2. The lowest BCUT2D eigenvalue weighted by Gasteiger charge is -2.58. The summed E-state index contributed by atoms with van der Waals surface area (Å²) in [6.45, 7) is 17.5. The summed E-state index contributed by atoms with van der Waals surface area (Å²) >= 11 is 0. The molecule has 0 heterocycles. The Bertz CT molecular complexity index is 1020. The Morgan fingerprint density at radius 2 is 1.49 bits per heavy atom. The Morgan fingerprint density at radius 1 is 0.816 bits per heavy atom. The molecule has 2 heteroatoms. The van der Waals surface area contributed by atoms with E-state index in [0.717, 1.165) is 67.1 Å². The van der Waals surface area contributed by atoms with Gasteiger partial charge < -0.3 is 4.74 Å². The van der Waals surface area contributed by atoms with Crippen molar-refractivity contribution in [1.29, 1.82) is 0 Å². The minimum Gasteiger partial charge on any atom is -0.462 e. The first-order valence-corrected chi connectivity index (χ1v) is 22.2. The Morgan fingerprint density at radius 3 is 2.16 bits per heavy atom. The molecule has 2 nitrogen and oxygen atoms in total. The minimum atomic E-state index is 0.0544. The summed E-state index contributed by atoms with van der Waals surface area (Å²) in [5.41, 5.74) is 2.51. The number of carbonyl (C=O) groups excluding carboxylic acids is 1. The Labute approximate surface area is 305 Å². The third kappa shape index (κ3) is 11.0. The summed E-state index contributed by atoms with van der Waals surface area (Å²) in [5.74, 6) is 6.15. The van der Waals surface area contributed by atoms with Crippen LogP contribution in [0.1, 0.15) is 209 Å². The van der Waals surface area contributed by atoms with Gasteiger partial charge in [-0.1, -0.05) is 136 Å². The Balaban J connectivity index is 1.13. The first-order chi connectivity index (χ1) is 23.6. The number of unbranched alkanes of at least 4 members (excludes halogenated alkanes) is 11. The number of hydrogen-bond acceptors (Lipinski definition) is 2. The highest BCUT2D eigenvalue weighted by atomic mass is 16.5. The maximum Gasteiger partial charge on any atom is 0.306 e. The highest BCUT2D eigenvalue weighted by Crippen LogP contribution is 2.67. The molecule has 0 radical (unpaired) electrons. The largest absolute Gasteiger partial charge is 0.462 e. The molecule has 0 aromatic heterocycles. The molecule has 3 saturated carbocycles. The summed E-state index contributed by atoms with van der Waals surface area (Å²) in [5, 5.41) is 0. The topological polar surface area (TPSA) is 26.3 Å². The standard InChI is InChI=1S/C47H82O2/c1-8-10-11-12-13-14-15-16-17-18-19-20-21-22-23-24-45(48)49-40-31-33-46(6)39(35-40)27-28-41-43-30-29-42(47(43,7)34-32-44(41)46)37(5)25-26-38(9-2)36(3)4/h16-17,27,36-38,40-44H,8-15,18-26,28-35H2,1-7H3/b17-16+/t37?,38?,40-,41?,42?,43?,44?,46?,47?/m0/s1. The maximum absolute atomic E-state index is 12.8. The zero-order valence-electron chi connectivity index (χ0n) is 33.8. The molecular weight excluding hydrogens is 597 g/mol. The van der Waals surface area contributed by atoms with Crippen molar-refractivity contribution < 1.29 is 9.53 Å². The molecule has 0 aromatic carbocycles. The number of esters is 1. The van der Waals surface area contributed by atoms with E-state index in [1.165, 1.54) is 128 Å². The molecule has 4 aliphatic rings. The normalized spacial score (nSPS) is 32.4. The SMILES string of the molecule is CCCCCCCC/C=C/CCCCCCCC(=O)O[C@H]1CCC2(C)C(=CCC3C2CCC2(C)C(C(C)CCC(CC)C(C)C)CCC32)C1. The van der Waals surface area contributed by atoms with Crippen LogP contribution in [0.15, 0.2) is 23.8 Å². The second-order valence-corrected chi connectivity index (χ2v) is 18.6. The summed E-state index contributed by atoms with van der Waals surface area (Å²) < 4.78 is 6.14. The van der Waals surface area contributed by atoms with Gasteiger partial charge >= 0.3 is 5.97 Å². The molecule has 49 heavy (non-hydrogen) atoms. The van der Waals surface area contributed by atoms with E-state index in [9.17, 15) is 4.79 Å². The average Bonchev–Trinajstić information content (AvgIpc) is 3.44. The van der Waals surface area contributed by atoms with Crippen LogP contribution in [0, 0.1) is 52.3 Å². The van der Waals surface area contributed by atoms with E-state index in [1.807, 2.05) is 0 Å². The molecule has 0 N–H and O–H groups in total. The third-order valence-corrected chi connectivity index (χ3v) is 15.2. The van der Waals surface area contributed by atoms with E-state index in [2.05, 4.69) is 66.7 Å². The van der Waals surface area contributed by atoms with E-state index in [0.29, 0.717) is 17.3 Å². The van der Waals surface area contributed by atoms with Crippen molar-refractivity contribution in [3.05, 3.63) is 23.8 Å². The molecule has 4 rings (SSSR count). The Hall–Kier alpha value is -1.05. The smallest absolute Gasteiger partial charge is 0.306 e. The van der Waals surface area contributed by atoms with E-state index < -0.39 is 0 Å². The summed E-state index contributed by atoms with van der Waals surface area (Å²) in [6.07, 6.45) is 39.4. The zero-order valence-corrected chi connectivity index (χ0v) is 33.8. The second kappa shape index (κ2) is 20.3. The van der Waals surface area contributed by atoms with Crippen molar-refractivity contribution in [3.63, 3.8) is 0 Å². The number of fused-ring (bicyclic) bond motifs is 5. The van der Waals surface area contributed by atoms with Gasteiger partial charge in [0.2, 0.25) is 0 Å². The zero-order chi connectivity index (χ0) is 35.3. The van der Waals surface area contributed by atoms with Crippen LogP contribution < -0.4 is 0 Å². The molecule has 282 valence electrons. The van der Waals surface area contributed by atoms with Crippen LogP contribution in [0.25, 0.3) is 0 Å². The number of carbonyl (C=O) groups is 1. The predicted octanol–water partition coefficient (Wildman–Crippen LogP) is 14.6. The van der Waals surface area contributed by atoms with Gasteiger partial charge in [-0.3, -0.25) is 4.79 Å². The molecule has 0 aromatic rings. The molecule has 0 aliphatic heterocycles. The van der Waals surface area contributed by atoms with Crippen LogP contribution in [0.5, 0.6) is 0 Å². The highest BCUT2D eigenvalue weighted by molar-refractivity contribution is 5.69. The van der Waals surface area contributed by atoms with E-state index in [4.69, 9.17) is 4.74 Å². The number of ether oxygens (including phenoxy) is 1. The molecule has 0 saturated heterocycles. The van der Waals surface area contributed by atoms with Crippen molar-refractivity contribution >= 4 is 5.97 Å². The van der Waals surface area contributed by atoms with Crippen molar-refractivity contribution in [2.75, 3.05) is 0 Å². The van der Waals surface area contributed by atoms with E-state index >= 15 is 0 Å². The van der Waals surface area contributed by atoms with E-state index in [1.54, 1.807) is 5.57 Å². The fourth-order valence-corrected chi connectivity index (χ4v) is 12.0. The second-order valence-electron chi connectivity index (χ2n) is 18.6. The van der Waals surface area contributed by atoms with Gasteiger partial charge in [-0.05, 0) is 136 Å². The number of hydrogen-bond donors (Lipinski definition) is 0. The van der Waals surface area contributed by atoms with Gasteiger partial charge in [-0.15, -0.1) is 0 Å². The van der Waals surface area contributed by atoms with Crippen LogP contribution in [0.2, 0.25) is 0 Å². The minimum absolute atomic E-state index is 0.0544. The monoisotopic (exact) mass is 679 g/mol. The van der Waals surface area contributed by atoms with Crippen molar-refractivity contribution in [2.24, 2.45) is 52.3 Å². The highest BCUT2D eigenvalue weighted by Gasteiger charge is 2.59. The van der Waals surface area contributed by atoms with Gasteiger partial charge in [0, 0.05) is 12.8 Å². The molecular formula is C47H82O2. The maximum atomic E-state index is 12.8. The lowest BCUT2D eigenvalue weighted by molar-refractivity contribution is -0.151.